The zero-order valence-electron chi connectivity index (χ0n) is 13.8. The first-order valence-corrected chi connectivity index (χ1v) is 10.5. The highest BCUT2D eigenvalue weighted by Crippen LogP contribution is 2.51. The Labute approximate surface area is 128 Å². The lowest BCUT2D eigenvalue weighted by atomic mass is 9.90. The first-order valence-electron chi connectivity index (χ1n) is 7.61. The fourth-order valence-corrected chi connectivity index (χ4v) is 4.35. The van der Waals surface area contributed by atoms with Crippen molar-refractivity contribution in [3.05, 3.63) is 23.8 Å². The van der Waals surface area contributed by atoms with Gasteiger partial charge in [-0.25, -0.2) is 0 Å². The molecule has 0 aromatic heterocycles. The highest BCUT2D eigenvalue weighted by molar-refractivity contribution is 6.74. The van der Waals surface area contributed by atoms with Crippen LogP contribution in [0.4, 0.5) is 0 Å². The van der Waals surface area contributed by atoms with Crippen LogP contribution in [0.5, 0.6) is 0 Å². The number of methoxy groups -OCH3 is 1. The minimum absolute atomic E-state index is 0.106. The van der Waals surface area contributed by atoms with Gasteiger partial charge in [0.1, 0.15) is 12.2 Å². The maximum absolute atomic E-state index is 6.67. The molecule has 3 rings (SSSR count). The van der Waals surface area contributed by atoms with Crippen molar-refractivity contribution in [2.75, 3.05) is 13.7 Å². The van der Waals surface area contributed by atoms with E-state index in [1.807, 2.05) is 0 Å². The monoisotopic (exact) mass is 310 g/mol. The summed E-state index contributed by atoms with van der Waals surface area (Å²) in [5, 5.41) is 0.133. The van der Waals surface area contributed by atoms with Crippen molar-refractivity contribution in [2.45, 2.75) is 63.0 Å². The fraction of sp³-hybridized carbons (Fsp3) is 0.750. The molecule has 118 valence electrons. The molecule has 0 saturated carbocycles. The highest BCUT2D eigenvalue weighted by Gasteiger charge is 2.64. The van der Waals surface area contributed by atoms with E-state index in [0.717, 1.165) is 0 Å². The van der Waals surface area contributed by atoms with Crippen LogP contribution in [0, 0.1) is 0 Å². The van der Waals surface area contributed by atoms with Gasteiger partial charge >= 0.3 is 0 Å². The van der Waals surface area contributed by atoms with Crippen LogP contribution in [0.2, 0.25) is 18.1 Å². The zero-order valence-corrected chi connectivity index (χ0v) is 14.8. The van der Waals surface area contributed by atoms with Crippen molar-refractivity contribution >= 4 is 8.32 Å². The molecule has 4 atom stereocenters. The molecule has 1 spiro atoms. The van der Waals surface area contributed by atoms with E-state index >= 15 is 0 Å². The third kappa shape index (κ3) is 2.10. The molecular formula is C16H26O4Si. The van der Waals surface area contributed by atoms with E-state index in [2.05, 4.69) is 52.1 Å². The number of ether oxygens (including phenoxy) is 3. The predicted molar refractivity (Wildman–Crippen MR) is 83.6 cm³/mol. The molecule has 1 fully saturated rings. The second-order valence-corrected chi connectivity index (χ2v) is 12.3. The summed E-state index contributed by atoms with van der Waals surface area (Å²) in [6.45, 7) is 11.9. The van der Waals surface area contributed by atoms with Gasteiger partial charge in [-0.3, -0.25) is 0 Å². The Morgan fingerprint density at radius 3 is 2.67 bits per heavy atom. The minimum Gasteiger partial charge on any atom is -0.406 e. The summed E-state index contributed by atoms with van der Waals surface area (Å²) in [5.41, 5.74) is 0.673. The molecule has 0 N–H and O–H groups in total. The van der Waals surface area contributed by atoms with Crippen molar-refractivity contribution in [3.63, 3.8) is 0 Å². The molecule has 4 nitrogen and oxygen atoms in total. The van der Waals surface area contributed by atoms with Crippen LogP contribution in [0.3, 0.4) is 0 Å². The van der Waals surface area contributed by atoms with Gasteiger partial charge in [-0.05, 0) is 23.7 Å². The smallest absolute Gasteiger partial charge is 0.192 e. The van der Waals surface area contributed by atoms with Crippen LogP contribution in [0.15, 0.2) is 23.8 Å². The Hall–Kier alpha value is -0.463. The van der Waals surface area contributed by atoms with Crippen molar-refractivity contribution < 1.29 is 18.6 Å². The summed E-state index contributed by atoms with van der Waals surface area (Å²) in [4.78, 5) is 0. The summed E-state index contributed by atoms with van der Waals surface area (Å²) in [7, 11) is -0.275. The second kappa shape index (κ2) is 4.76. The Morgan fingerprint density at radius 1 is 1.33 bits per heavy atom. The zero-order chi connectivity index (χ0) is 15.5. The third-order valence-corrected chi connectivity index (χ3v) is 9.82. The molecule has 3 aliphatic rings. The Morgan fingerprint density at radius 2 is 2.05 bits per heavy atom. The van der Waals surface area contributed by atoms with E-state index in [-0.39, 0.29) is 23.5 Å². The van der Waals surface area contributed by atoms with Crippen LogP contribution in [0.25, 0.3) is 0 Å². The summed E-state index contributed by atoms with van der Waals surface area (Å²) in [6, 6.07) is 0. The predicted octanol–water partition coefficient (Wildman–Crippen LogP) is 3.01. The second-order valence-electron chi connectivity index (χ2n) is 7.58. The van der Waals surface area contributed by atoms with Crippen LogP contribution in [-0.2, 0) is 18.6 Å². The quantitative estimate of drug-likeness (QED) is 0.751. The normalized spacial score (nSPS) is 38.6. The van der Waals surface area contributed by atoms with Gasteiger partial charge in [0.05, 0.1) is 6.61 Å². The molecule has 2 aliphatic heterocycles. The van der Waals surface area contributed by atoms with Gasteiger partial charge in [-0.2, -0.15) is 0 Å². The van der Waals surface area contributed by atoms with E-state index in [1.54, 1.807) is 7.11 Å². The molecule has 1 aliphatic carbocycles. The largest absolute Gasteiger partial charge is 0.406 e. The van der Waals surface area contributed by atoms with E-state index in [1.165, 1.54) is 5.57 Å². The minimum atomic E-state index is -1.95. The number of hydrogen-bond donors (Lipinski definition) is 0. The van der Waals surface area contributed by atoms with Gasteiger partial charge in [0, 0.05) is 7.11 Å². The molecule has 1 unspecified atom stereocenters. The molecule has 0 bridgehead atoms. The van der Waals surface area contributed by atoms with Gasteiger partial charge in [-0.15, -0.1) is 0 Å². The van der Waals surface area contributed by atoms with Gasteiger partial charge in [0.25, 0.3) is 0 Å². The molecule has 0 radical (unpaired) electrons. The standard InChI is InChI=1S/C16H26O4Si/c1-15(2,3)21(5,6)20-13-14(17-4)19-12-8-7-11-9-10-18-16(11,12)13/h7-9,12-14H,10H2,1-6H3/t12?,13-,14+,16+/m0/s1. The highest BCUT2D eigenvalue weighted by atomic mass is 28.4. The first-order chi connectivity index (χ1) is 9.72. The molecule has 21 heavy (non-hydrogen) atoms. The lowest BCUT2D eigenvalue weighted by Crippen LogP contribution is -2.55. The lowest BCUT2D eigenvalue weighted by molar-refractivity contribution is -0.141. The SMILES string of the molecule is CO[C@@H]1OC2C=CC3=CCO[C@]32[C@H]1O[Si](C)(C)C(C)(C)C. The summed E-state index contributed by atoms with van der Waals surface area (Å²) in [5.74, 6) is 0. The Kier molecular flexibility index (Phi) is 3.50. The molecule has 0 aromatic carbocycles. The number of hydrogen-bond acceptors (Lipinski definition) is 4. The summed E-state index contributed by atoms with van der Waals surface area (Å²) >= 11 is 0. The molecule has 2 heterocycles. The maximum Gasteiger partial charge on any atom is 0.192 e. The van der Waals surface area contributed by atoms with E-state index in [9.17, 15) is 0 Å². The van der Waals surface area contributed by atoms with E-state index < -0.39 is 13.9 Å². The lowest BCUT2D eigenvalue weighted by Gasteiger charge is -2.43. The molecular weight excluding hydrogens is 284 g/mol. The van der Waals surface area contributed by atoms with Crippen LogP contribution < -0.4 is 0 Å². The van der Waals surface area contributed by atoms with Crippen LogP contribution >= 0.6 is 0 Å². The van der Waals surface area contributed by atoms with Gasteiger partial charge in [0.15, 0.2) is 20.2 Å². The molecule has 0 amide bonds. The molecule has 1 saturated heterocycles. The first kappa shape index (κ1) is 15.4. The summed E-state index contributed by atoms with van der Waals surface area (Å²) in [6.07, 6.45) is 5.59. The van der Waals surface area contributed by atoms with E-state index in [4.69, 9.17) is 18.6 Å². The maximum atomic E-state index is 6.67. The fourth-order valence-electron chi connectivity index (χ4n) is 3.08. The van der Waals surface area contributed by atoms with Crippen molar-refractivity contribution in [2.24, 2.45) is 0 Å². The number of rotatable bonds is 3. The average Bonchev–Trinajstić information content (AvgIpc) is 2.98. The van der Waals surface area contributed by atoms with E-state index in [0.29, 0.717) is 6.61 Å². The summed E-state index contributed by atoms with van der Waals surface area (Å²) < 4.78 is 24.4. The van der Waals surface area contributed by atoms with Gasteiger partial charge in [0.2, 0.25) is 0 Å². The molecule has 0 aromatic rings. The van der Waals surface area contributed by atoms with Crippen LogP contribution in [0.1, 0.15) is 20.8 Å². The Bertz CT molecular complexity index is 491. The van der Waals surface area contributed by atoms with Crippen LogP contribution in [-0.4, -0.2) is 46.1 Å². The van der Waals surface area contributed by atoms with Crippen molar-refractivity contribution in [1.29, 1.82) is 0 Å². The third-order valence-electron chi connectivity index (χ3n) is 5.36. The average molecular weight is 310 g/mol. The Balaban J connectivity index is 1.94. The topological polar surface area (TPSA) is 36.9 Å². The molecule has 5 heteroatoms. The van der Waals surface area contributed by atoms with Crippen molar-refractivity contribution in [3.8, 4) is 0 Å². The van der Waals surface area contributed by atoms with Crippen molar-refractivity contribution in [1.82, 2.24) is 0 Å². The van der Waals surface area contributed by atoms with Gasteiger partial charge in [-0.1, -0.05) is 39.0 Å². The van der Waals surface area contributed by atoms with Gasteiger partial charge < -0.3 is 18.6 Å².